The van der Waals surface area contributed by atoms with Gasteiger partial charge in [-0.25, -0.2) is 22.0 Å². The molecule has 0 saturated carbocycles. The van der Waals surface area contributed by atoms with E-state index in [-0.39, 0.29) is 11.1 Å². The molecule has 0 radical (unpaired) electrons. The number of benzene rings is 1. The molecule has 5 nitrogen and oxygen atoms in total. The van der Waals surface area contributed by atoms with Gasteiger partial charge in [0.15, 0.2) is 0 Å². The van der Waals surface area contributed by atoms with E-state index in [0.717, 1.165) is 7.05 Å². The highest BCUT2D eigenvalue weighted by Gasteiger charge is 2.23. The maximum atomic E-state index is 12.2. The summed E-state index contributed by atoms with van der Waals surface area (Å²) in [6.45, 7) is -0.919. The fourth-order valence-electron chi connectivity index (χ4n) is 1.47. The molecule has 1 aromatic carbocycles. The first-order valence-electron chi connectivity index (χ1n) is 5.27. The predicted octanol–water partition coefficient (Wildman–Crippen LogP) is 1.41. The Hall–Kier alpha value is -1.54. The molecule has 0 aliphatic carbocycles. The van der Waals surface area contributed by atoms with E-state index in [2.05, 4.69) is 0 Å². The van der Waals surface area contributed by atoms with Crippen molar-refractivity contribution in [2.24, 2.45) is 0 Å². The Bertz CT molecular complexity index is 560. The quantitative estimate of drug-likeness (QED) is 0.860. The second-order valence-corrected chi connectivity index (χ2v) is 5.97. The molecule has 19 heavy (non-hydrogen) atoms. The van der Waals surface area contributed by atoms with Crippen LogP contribution in [0.1, 0.15) is 15.9 Å². The van der Waals surface area contributed by atoms with Gasteiger partial charge in [-0.1, -0.05) is 18.2 Å². The number of hydrogen-bond acceptors (Lipinski definition) is 3. The molecular formula is C11H13F2NO4S. The summed E-state index contributed by atoms with van der Waals surface area (Å²) in [6.07, 6.45) is -2.78. The van der Waals surface area contributed by atoms with Gasteiger partial charge in [-0.3, -0.25) is 0 Å². The molecule has 0 aliphatic heterocycles. The highest BCUT2D eigenvalue weighted by Crippen LogP contribution is 2.15. The highest BCUT2D eigenvalue weighted by atomic mass is 32.2. The van der Waals surface area contributed by atoms with Gasteiger partial charge in [-0.15, -0.1) is 0 Å². The van der Waals surface area contributed by atoms with E-state index in [1.165, 1.54) is 24.3 Å². The summed E-state index contributed by atoms with van der Waals surface area (Å²) in [5, 5.41) is 8.92. The Labute approximate surface area is 109 Å². The number of carboxylic acids is 1. The van der Waals surface area contributed by atoms with Crippen LogP contribution in [0.4, 0.5) is 8.78 Å². The van der Waals surface area contributed by atoms with E-state index in [1.807, 2.05) is 0 Å². The Balaban J connectivity index is 2.99. The molecule has 8 heteroatoms. The van der Waals surface area contributed by atoms with Crippen LogP contribution in [0.15, 0.2) is 24.3 Å². The van der Waals surface area contributed by atoms with E-state index in [9.17, 15) is 22.0 Å². The lowest BCUT2D eigenvalue weighted by Crippen LogP contribution is -2.32. The summed E-state index contributed by atoms with van der Waals surface area (Å²) in [5.74, 6) is -1.89. The zero-order valence-electron chi connectivity index (χ0n) is 10.1. The monoisotopic (exact) mass is 293 g/mol. The van der Waals surface area contributed by atoms with Crippen molar-refractivity contribution in [3.05, 3.63) is 35.4 Å². The van der Waals surface area contributed by atoms with Crippen LogP contribution in [0.5, 0.6) is 0 Å². The summed E-state index contributed by atoms with van der Waals surface area (Å²) in [6, 6.07) is 5.56. The van der Waals surface area contributed by atoms with E-state index in [4.69, 9.17) is 5.11 Å². The molecular weight excluding hydrogens is 280 g/mol. The average Bonchev–Trinajstić information content (AvgIpc) is 2.27. The molecule has 0 saturated heterocycles. The number of rotatable bonds is 6. The number of halogens is 2. The first-order valence-corrected chi connectivity index (χ1v) is 6.88. The molecule has 0 atom stereocenters. The lowest BCUT2D eigenvalue weighted by Gasteiger charge is -2.17. The Kier molecular flexibility index (Phi) is 4.96. The van der Waals surface area contributed by atoms with E-state index < -0.39 is 34.7 Å². The molecule has 1 N–H and O–H groups in total. The van der Waals surface area contributed by atoms with Crippen LogP contribution in [0, 0.1) is 0 Å². The van der Waals surface area contributed by atoms with Gasteiger partial charge in [0.2, 0.25) is 10.0 Å². The van der Waals surface area contributed by atoms with Gasteiger partial charge >= 0.3 is 5.97 Å². The second kappa shape index (κ2) is 6.07. The first kappa shape index (κ1) is 15.5. The van der Waals surface area contributed by atoms with Crippen LogP contribution in [0.25, 0.3) is 0 Å². The van der Waals surface area contributed by atoms with E-state index >= 15 is 0 Å². The molecule has 0 bridgehead atoms. The van der Waals surface area contributed by atoms with Crippen LogP contribution in [0.3, 0.4) is 0 Å². The molecule has 0 spiro atoms. The predicted molar refractivity (Wildman–Crippen MR) is 64.7 cm³/mol. The normalized spacial score (nSPS) is 12.1. The number of aromatic carboxylic acids is 1. The lowest BCUT2D eigenvalue weighted by atomic mass is 10.1. The number of hydrogen-bond donors (Lipinski definition) is 1. The van der Waals surface area contributed by atoms with Crippen molar-refractivity contribution in [3.8, 4) is 0 Å². The van der Waals surface area contributed by atoms with Gasteiger partial charge in [0.1, 0.15) is 0 Å². The fraction of sp³-hybridized carbons (Fsp3) is 0.364. The van der Waals surface area contributed by atoms with E-state index in [1.54, 1.807) is 0 Å². The summed E-state index contributed by atoms with van der Waals surface area (Å²) < 4.78 is 48.5. The Morgan fingerprint density at radius 1 is 1.37 bits per heavy atom. The summed E-state index contributed by atoms with van der Waals surface area (Å²) in [5.41, 5.74) is -0.0901. The fourth-order valence-corrected chi connectivity index (χ4v) is 2.67. The highest BCUT2D eigenvalue weighted by molar-refractivity contribution is 7.88. The molecule has 0 unspecified atom stereocenters. The minimum absolute atomic E-state index is 0.0658. The number of carbonyl (C=O) groups is 1. The minimum atomic E-state index is -3.97. The van der Waals surface area contributed by atoms with Gasteiger partial charge < -0.3 is 5.11 Å². The van der Waals surface area contributed by atoms with Crippen molar-refractivity contribution in [1.82, 2.24) is 4.31 Å². The van der Waals surface area contributed by atoms with Crippen LogP contribution in [-0.2, 0) is 15.8 Å². The van der Waals surface area contributed by atoms with Crippen molar-refractivity contribution in [1.29, 1.82) is 0 Å². The Morgan fingerprint density at radius 2 is 1.95 bits per heavy atom. The van der Waals surface area contributed by atoms with Crippen molar-refractivity contribution in [3.63, 3.8) is 0 Å². The molecule has 106 valence electrons. The topological polar surface area (TPSA) is 74.7 Å². The smallest absolute Gasteiger partial charge is 0.335 e. The average molecular weight is 293 g/mol. The van der Waals surface area contributed by atoms with Crippen molar-refractivity contribution in [2.75, 3.05) is 13.6 Å². The zero-order valence-corrected chi connectivity index (χ0v) is 10.9. The third kappa shape index (κ3) is 4.25. The first-order chi connectivity index (χ1) is 8.74. The molecule has 0 aliphatic rings. The van der Waals surface area contributed by atoms with Gasteiger partial charge in [-0.2, -0.15) is 4.31 Å². The molecule has 0 fully saturated rings. The van der Waals surface area contributed by atoms with Gasteiger partial charge in [0.25, 0.3) is 6.43 Å². The van der Waals surface area contributed by atoms with Crippen molar-refractivity contribution < 1.29 is 27.1 Å². The van der Waals surface area contributed by atoms with Crippen LogP contribution < -0.4 is 0 Å². The maximum Gasteiger partial charge on any atom is 0.335 e. The molecule has 1 rings (SSSR count). The van der Waals surface area contributed by atoms with E-state index in [0.29, 0.717) is 4.31 Å². The number of alkyl halides is 2. The van der Waals surface area contributed by atoms with Crippen molar-refractivity contribution >= 4 is 16.0 Å². The number of carboxylic acid groups (broad SMARTS) is 1. The largest absolute Gasteiger partial charge is 0.478 e. The zero-order chi connectivity index (χ0) is 14.6. The third-order valence-electron chi connectivity index (χ3n) is 2.46. The molecule has 0 heterocycles. The van der Waals surface area contributed by atoms with Crippen LogP contribution in [0.2, 0.25) is 0 Å². The summed E-state index contributed by atoms with van der Waals surface area (Å²) >= 11 is 0. The molecule has 1 aromatic rings. The summed E-state index contributed by atoms with van der Waals surface area (Å²) in [4.78, 5) is 10.9. The van der Waals surface area contributed by atoms with Crippen LogP contribution >= 0.6 is 0 Å². The SMILES string of the molecule is CN(CC(F)F)S(=O)(=O)Cc1ccccc1C(=O)O. The molecule has 0 aromatic heterocycles. The lowest BCUT2D eigenvalue weighted by molar-refractivity contribution is 0.0696. The third-order valence-corrected chi connectivity index (χ3v) is 4.23. The minimum Gasteiger partial charge on any atom is -0.478 e. The van der Waals surface area contributed by atoms with Crippen molar-refractivity contribution in [2.45, 2.75) is 12.2 Å². The van der Waals surface area contributed by atoms with Gasteiger partial charge in [0, 0.05) is 7.05 Å². The Morgan fingerprint density at radius 3 is 2.47 bits per heavy atom. The number of sulfonamides is 1. The molecule has 0 amide bonds. The number of nitrogens with zero attached hydrogens (tertiary/aromatic N) is 1. The van der Waals surface area contributed by atoms with Gasteiger partial charge in [0.05, 0.1) is 17.9 Å². The summed E-state index contributed by atoms with van der Waals surface area (Å²) in [7, 11) is -2.94. The maximum absolute atomic E-state index is 12.2. The second-order valence-electron chi connectivity index (χ2n) is 3.89. The van der Waals surface area contributed by atoms with Gasteiger partial charge in [-0.05, 0) is 11.6 Å². The van der Waals surface area contributed by atoms with Crippen LogP contribution in [-0.4, -0.2) is 43.8 Å². The standard InChI is InChI=1S/C11H13F2NO4S/c1-14(6-10(12)13)19(17,18)7-8-4-2-3-5-9(8)11(15)16/h2-5,10H,6-7H2,1H3,(H,15,16).